The summed E-state index contributed by atoms with van der Waals surface area (Å²) in [7, 11) is 0. The number of hydrogen-bond acceptors (Lipinski definition) is 4. The van der Waals surface area contributed by atoms with Crippen molar-refractivity contribution in [3.05, 3.63) is 36.2 Å². The van der Waals surface area contributed by atoms with Crippen LogP contribution in [0.2, 0.25) is 0 Å². The Kier molecular flexibility index (Phi) is 5.41. The van der Waals surface area contributed by atoms with E-state index in [1.54, 1.807) is 19.2 Å². The monoisotopic (exact) mass is 327 g/mol. The molecule has 3 aromatic rings. The van der Waals surface area contributed by atoms with Crippen molar-refractivity contribution in [3.63, 3.8) is 0 Å². The quantitative estimate of drug-likeness (QED) is 0.558. The number of aromatic amines is 1. The lowest BCUT2D eigenvalue weighted by molar-refractivity contribution is 0.0520. The van der Waals surface area contributed by atoms with Crippen molar-refractivity contribution in [2.24, 2.45) is 0 Å². The second-order valence-electron chi connectivity index (χ2n) is 4.27. The van der Waals surface area contributed by atoms with E-state index in [0.717, 1.165) is 21.8 Å². The molecule has 0 amide bonds. The van der Waals surface area contributed by atoms with E-state index in [1.165, 1.54) is 0 Å². The smallest absolute Gasteiger partial charge is 0.356 e. The van der Waals surface area contributed by atoms with Crippen molar-refractivity contribution in [3.8, 4) is 0 Å². The number of carbonyl (C=O) groups is 1. The van der Waals surface area contributed by atoms with E-state index in [1.807, 2.05) is 18.2 Å². The number of halogens is 2. The number of benzene rings is 1. The number of esters is 1. The van der Waals surface area contributed by atoms with Gasteiger partial charge < -0.3 is 15.5 Å². The average Bonchev–Trinajstić information content (AvgIpc) is 2.75. The molecule has 0 spiro atoms. The Morgan fingerprint density at radius 1 is 1.24 bits per heavy atom. The molecule has 0 aliphatic rings. The van der Waals surface area contributed by atoms with Gasteiger partial charge in [0.2, 0.25) is 0 Å². The number of ether oxygens (including phenoxy) is 1. The Morgan fingerprint density at radius 3 is 2.71 bits per heavy atom. The molecule has 2 aromatic heterocycles. The van der Waals surface area contributed by atoms with Gasteiger partial charge in [-0.15, -0.1) is 24.8 Å². The summed E-state index contributed by atoms with van der Waals surface area (Å²) in [5.74, 6) is -0.408. The van der Waals surface area contributed by atoms with Crippen LogP contribution in [-0.2, 0) is 4.74 Å². The molecule has 0 fully saturated rings. The van der Waals surface area contributed by atoms with E-state index >= 15 is 0 Å². The maximum Gasteiger partial charge on any atom is 0.356 e. The topological polar surface area (TPSA) is 81.0 Å². The second kappa shape index (κ2) is 6.65. The average molecular weight is 328 g/mol. The number of nitrogens with one attached hydrogen (secondary N) is 1. The number of pyridine rings is 1. The van der Waals surface area contributed by atoms with Gasteiger partial charge in [0.05, 0.1) is 18.3 Å². The number of carbonyl (C=O) groups excluding carboxylic acids is 1. The molecule has 5 nitrogen and oxygen atoms in total. The van der Waals surface area contributed by atoms with Crippen LogP contribution in [0.25, 0.3) is 21.8 Å². The van der Waals surface area contributed by atoms with Crippen molar-refractivity contribution < 1.29 is 9.53 Å². The van der Waals surface area contributed by atoms with Gasteiger partial charge in [-0.25, -0.2) is 9.78 Å². The number of H-pyrrole nitrogens is 1. The SMILES string of the molecule is CCOC(=O)c1cc2c(cn1)[nH]c1cc(N)ccc12.Cl.Cl. The zero-order chi connectivity index (χ0) is 13.4. The third-order valence-electron chi connectivity index (χ3n) is 2.99. The van der Waals surface area contributed by atoms with Gasteiger partial charge >= 0.3 is 5.97 Å². The van der Waals surface area contributed by atoms with Gasteiger partial charge in [-0.3, -0.25) is 0 Å². The van der Waals surface area contributed by atoms with Crippen LogP contribution in [0.1, 0.15) is 17.4 Å². The van der Waals surface area contributed by atoms with Crippen LogP contribution in [0.15, 0.2) is 30.5 Å². The fourth-order valence-corrected chi connectivity index (χ4v) is 2.14. The first-order chi connectivity index (χ1) is 9.19. The van der Waals surface area contributed by atoms with Gasteiger partial charge in [-0.1, -0.05) is 6.07 Å². The van der Waals surface area contributed by atoms with Gasteiger partial charge in [-0.2, -0.15) is 0 Å². The summed E-state index contributed by atoms with van der Waals surface area (Å²) in [6.07, 6.45) is 1.64. The number of rotatable bonds is 2. The fraction of sp³-hybridized carbons (Fsp3) is 0.143. The summed E-state index contributed by atoms with van der Waals surface area (Å²) in [6.45, 7) is 2.11. The number of fused-ring (bicyclic) bond motifs is 3. The first kappa shape index (κ1) is 17.1. The minimum Gasteiger partial charge on any atom is -0.461 e. The number of nitrogens with zero attached hydrogens (tertiary/aromatic N) is 1. The van der Waals surface area contributed by atoms with Gasteiger partial charge in [0.1, 0.15) is 5.69 Å². The predicted octanol–water partition coefficient (Wildman–Crippen LogP) is 3.32. The number of nitrogen functional groups attached to an aromatic ring is 1. The van der Waals surface area contributed by atoms with Crippen LogP contribution in [-0.4, -0.2) is 22.5 Å². The summed E-state index contributed by atoms with van der Waals surface area (Å²) in [5.41, 5.74) is 8.56. The highest BCUT2D eigenvalue weighted by molar-refractivity contribution is 6.09. The van der Waals surface area contributed by atoms with Gasteiger partial charge in [0.25, 0.3) is 0 Å². The highest BCUT2D eigenvalue weighted by Crippen LogP contribution is 2.26. The first-order valence-electron chi connectivity index (χ1n) is 6.03. The van der Waals surface area contributed by atoms with Crippen molar-refractivity contribution in [1.29, 1.82) is 0 Å². The van der Waals surface area contributed by atoms with Gasteiger partial charge in [0.15, 0.2) is 0 Å². The molecule has 3 rings (SSSR count). The molecule has 0 unspecified atom stereocenters. The molecular formula is C14H15Cl2N3O2. The number of anilines is 1. The molecule has 21 heavy (non-hydrogen) atoms. The largest absolute Gasteiger partial charge is 0.461 e. The maximum atomic E-state index is 11.7. The molecule has 0 bridgehead atoms. The van der Waals surface area contributed by atoms with Crippen LogP contribution in [0.5, 0.6) is 0 Å². The van der Waals surface area contributed by atoms with Crippen molar-refractivity contribution in [1.82, 2.24) is 9.97 Å². The molecule has 0 saturated heterocycles. The molecule has 0 aliphatic heterocycles. The highest BCUT2D eigenvalue weighted by atomic mass is 35.5. The molecule has 2 heterocycles. The number of aromatic nitrogens is 2. The van der Waals surface area contributed by atoms with Crippen LogP contribution < -0.4 is 5.73 Å². The molecule has 0 atom stereocenters. The summed E-state index contributed by atoms with van der Waals surface area (Å²) >= 11 is 0. The standard InChI is InChI=1S/C14H13N3O2.2ClH/c1-2-19-14(18)12-6-10-9-4-3-8(15)5-11(9)17-13(10)7-16-12;;/h3-7,17H,2,15H2,1H3;2*1H. The fourth-order valence-electron chi connectivity index (χ4n) is 2.14. The number of hydrogen-bond donors (Lipinski definition) is 2. The first-order valence-corrected chi connectivity index (χ1v) is 6.03. The lowest BCUT2D eigenvalue weighted by Gasteiger charge is -2.00. The van der Waals surface area contributed by atoms with Crippen LogP contribution in [0, 0.1) is 0 Å². The summed E-state index contributed by atoms with van der Waals surface area (Å²) in [6, 6.07) is 7.36. The van der Waals surface area contributed by atoms with E-state index in [4.69, 9.17) is 10.5 Å². The minimum absolute atomic E-state index is 0. The Morgan fingerprint density at radius 2 is 2.00 bits per heavy atom. The zero-order valence-electron chi connectivity index (χ0n) is 11.3. The predicted molar refractivity (Wildman–Crippen MR) is 88.5 cm³/mol. The molecule has 3 N–H and O–H groups in total. The molecule has 112 valence electrons. The van der Waals surface area contributed by atoms with Crippen molar-refractivity contribution in [2.75, 3.05) is 12.3 Å². The summed E-state index contributed by atoms with van der Waals surface area (Å²) in [4.78, 5) is 19.0. The van der Waals surface area contributed by atoms with E-state index in [0.29, 0.717) is 18.0 Å². The molecule has 0 aliphatic carbocycles. The van der Waals surface area contributed by atoms with Gasteiger partial charge in [0, 0.05) is 22.0 Å². The number of nitrogens with two attached hydrogens (primary N) is 1. The molecular weight excluding hydrogens is 313 g/mol. The Balaban J connectivity index is 0.00000110. The lowest BCUT2D eigenvalue weighted by atomic mass is 10.1. The van der Waals surface area contributed by atoms with Crippen LogP contribution >= 0.6 is 24.8 Å². The van der Waals surface area contributed by atoms with E-state index in [2.05, 4.69) is 9.97 Å². The molecule has 0 saturated carbocycles. The summed E-state index contributed by atoms with van der Waals surface area (Å²) in [5, 5.41) is 1.95. The third kappa shape index (κ3) is 3.04. The highest BCUT2D eigenvalue weighted by Gasteiger charge is 2.11. The van der Waals surface area contributed by atoms with E-state index in [9.17, 15) is 4.79 Å². The molecule has 7 heteroatoms. The Bertz CT molecular complexity index is 786. The normalized spacial score (nSPS) is 9.95. The molecule has 1 aromatic carbocycles. The van der Waals surface area contributed by atoms with Crippen LogP contribution in [0.4, 0.5) is 5.69 Å². The van der Waals surface area contributed by atoms with Crippen LogP contribution in [0.3, 0.4) is 0 Å². The van der Waals surface area contributed by atoms with Gasteiger partial charge in [-0.05, 0) is 25.1 Å². The third-order valence-corrected chi connectivity index (χ3v) is 2.99. The second-order valence-corrected chi connectivity index (χ2v) is 4.27. The van der Waals surface area contributed by atoms with Crippen molar-refractivity contribution in [2.45, 2.75) is 6.92 Å². The summed E-state index contributed by atoms with van der Waals surface area (Å²) < 4.78 is 4.95. The molecule has 0 radical (unpaired) electrons. The minimum atomic E-state index is -0.408. The maximum absolute atomic E-state index is 11.7. The Labute approximate surface area is 133 Å². The van der Waals surface area contributed by atoms with E-state index < -0.39 is 5.97 Å². The van der Waals surface area contributed by atoms with Crippen molar-refractivity contribution >= 4 is 58.3 Å². The lowest BCUT2D eigenvalue weighted by Crippen LogP contribution is -2.06. The zero-order valence-corrected chi connectivity index (χ0v) is 12.9. The Hall–Kier alpha value is -1.98. The van der Waals surface area contributed by atoms with E-state index in [-0.39, 0.29) is 24.8 Å².